The van der Waals surface area contributed by atoms with Gasteiger partial charge in [-0.2, -0.15) is 0 Å². The van der Waals surface area contributed by atoms with Crippen molar-refractivity contribution in [3.63, 3.8) is 0 Å². The van der Waals surface area contributed by atoms with Crippen molar-refractivity contribution >= 4 is 5.97 Å². The molecule has 0 aromatic rings. The van der Waals surface area contributed by atoms with E-state index in [1.54, 1.807) is 0 Å². The van der Waals surface area contributed by atoms with E-state index in [1.807, 2.05) is 0 Å². The lowest BCUT2D eigenvalue weighted by atomic mass is 9.33. The van der Waals surface area contributed by atoms with E-state index >= 15 is 0 Å². The van der Waals surface area contributed by atoms with E-state index in [-0.39, 0.29) is 30.1 Å². The third-order valence-electron chi connectivity index (χ3n) is 17.4. The van der Waals surface area contributed by atoms with Crippen LogP contribution in [0.1, 0.15) is 86.0 Å². The highest BCUT2D eigenvalue weighted by atomic mass is 16.7. The Morgan fingerprint density at radius 3 is 1.93 bits per heavy atom. The van der Waals surface area contributed by atoms with Crippen LogP contribution >= 0.6 is 0 Å². The molecule has 2 aliphatic heterocycles. The monoisotopic (exact) mass is 844 g/mol. The Hall–Kier alpha value is -1.39. The Kier molecular flexibility index (Phi) is 12.1. The van der Waals surface area contributed by atoms with Gasteiger partial charge in [-0.15, -0.1) is 0 Å². The van der Waals surface area contributed by atoms with Gasteiger partial charge in [-0.05, 0) is 90.8 Å². The number of aliphatic carboxylic acids is 1. The molecule has 7 aliphatic rings. The zero-order chi connectivity index (χ0) is 43.4. The number of rotatable bonds is 9. The number of ether oxygens (including phenoxy) is 4. The molecule has 0 aromatic heterocycles. The Labute approximate surface area is 344 Å². The Bertz CT molecular complexity index is 1590. The molecule has 4 saturated carbocycles. The Balaban J connectivity index is 1.19. The van der Waals surface area contributed by atoms with E-state index in [1.165, 1.54) is 0 Å². The maximum absolute atomic E-state index is 13.1. The van der Waals surface area contributed by atoms with Crippen LogP contribution in [0.2, 0.25) is 0 Å². The Morgan fingerprint density at radius 1 is 0.729 bits per heavy atom. The van der Waals surface area contributed by atoms with Crippen LogP contribution in [0.15, 0.2) is 11.6 Å². The normalized spacial score (nSPS) is 52.9. The fraction of sp³-hybridized carbons (Fsp3) is 0.929. The lowest BCUT2D eigenvalue weighted by molar-refractivity contribution is -0.377. The number of fused-ring (bicyclic) bond motifs is 7. The summed E-state index contributed by atoms with van der Waals surface area (Å²) < 4.78 is 23.4. The molecule has 17 nitrogen and oxygen atoms in total. The smallest absolute Gasteiger partial charge is 0.312 e. The van der Waals surface area contributed by atoms with Gasteiger partial charge in [-0.3, -0.25) is 4.79 Å². The highest BCUT2D eigenvalue weighted by molar-refractivity contribution is 5.77. The summed E-state index contributed by atoms with van der Waals surface area (Å²) in [6, 6.07) is 0. The first-order valence-corrected chi connectivity index (χ1v) is 21.3. The maximum Gasteiger partial charge on any atom is 0.312 e. The number of carboxylic acids is 1. The second-order valence-corrected chi connectivity index (χ2v) is 20.7. The minimum Gasteiger partial charge on any atom is -0.481 e. The molecule has 59 heavy (non-hydrogen) atoms. The number of carboxylic acid groups (broad SMARTS) is 1. The average molecular weight is 845 g/mol. The van der Waals surface area contributed by atoms with Crippen molar-refractivity contribution in [1.82, 2.24) is 0 Å². The third-order valence-corrected chi connectivity index (χ3v) is 17.4. The first-order chi connectivity index (χ1) is 27.6. The van der Waals surface area contributed by atoms with Crippen LogP contribution in [0.25, 0.3) is 0 Å². The van der Waals surface area contributed by atoms with Crippen molar-refractivity contribution in [1.29, 1.82) is 0 Å². The van der Waals surface area contributed by atoms with Crippen LogP contribution in [0.3, 0.4) is 0 Å². The third kappa shape index (κ3) is 6.54. The predicted molar refractivity (Wildman–Crippen MR) is 204 cm³/mol. The number of aliphatic hydroxyl groups excluding tert-OH is 11. The quantitative estimate of drug-likeness (QED) is 0.0956. The lowest BCUT2D eigenvalue weighted by Gasteiger charge is -2.72. The number of allylic oxidation sites excluding steroid dienone is 2. The molecule has 0 bridgehead atoms. The summed E-state index contributed by atoms with van der Waals surface area (Å²) in [5.41, 5.74) is -3.65. The van der Waals surface area contributed by atoms with E-state index in [0.29, 0.717) is 38.5 Å². The van der Waals surface area contributed by atoms with Crippen molar-refractivity contribution in [3.8, 4) is 0 Å². The summed E-state index contributed by atoms with van der Waals surface area (Å²) in [5, 5.41) is 131. The fourth-order valence-electron chi connectivity index (χ4n) is 13.9. The van der Waals surface area contributed by atoms with Crippen LogP contribution in [0.5, 0.6) is 0 Å². The SMILES string of the molecule is CC1(C)CC[C@]2(C(=O)O)[C@H](O)C[C@]3(C)C(=CC[C@@H]4[C@@]5(C)C[C@H](O)[C@H](O[C@@H]6O[C@H](CO)[C@@H](O)[C@H](O[C@@H]7O[C@H](CO)[C@@H](O)[C@H](O)[C@H]7O)[C@H]6O)C(CO)(CO)[C@@H]5CC[C@]43C)[C@@H]2C1. The van der Waals surface area contributed by atoms with Gasteiger partial charge in [0.15, 0.2) is 12.6 Å². The van der Waals surface area contributed by atoms with Crippen LogP contribution < -0.4 is 0 Å². The second-order valence-electron chi connectivity index (χ2n) is 20.7. The summed E-state index contributed by atoms with van der Waals surface area (Å²) in [6.45, 7) is 7.89. The maximum atomic E-state index is 13.1. The molecule has 7 rings (SSSR count). The van der Waals surface area contributed by atoms with Gasteiger partial charge in [0.25, 0.3) is 0 Å². The molecule has 5 aliphatic carbocycles. The molecule has 12 N–H and O–H groups in total. The topological polar surface area (TPSA) is 297 Å². The molecule has 2 saturated heterocycles. The van der Waals surface area contributed by atoms with Crippen LogP contribution in [-0.2, 0) is 23.7 Å². The highest BCUT2D eigenvalue weighted by Crippen LogP contribution is 2.76. The average Bonchev–Trinajstić information content (AvgIpc) is 3.17. The number of hydrogen-bond donors (Lipinski definition) is 12. The molecule has 338 valence electrons. The lowest BCUT2D eigenvalue weighted by Crippen LogP contribution is -2.71. The van der Waals surface area contributed by atoms with Gasteiger partial charge in [-0.1, -0.05) is 46.3 Å². The van der Waals surface area contributed by atoms with E-state index in [4.69, 9.17) is 18.9 Å². The molecule has 2 heterocycles. The molecule has 0 radical (unpaired) electrons. The minimum absolute atomic E-state index is 0.120. The van der Waals surface area contributed by atoms with Crippen LogP contribution in [0.4, 0.5) is 0 Å². The largest absolute Gasteiger partial charge is 0.481 e. The number of carbonyl (C=O) groups is 1. The Morgan fingerprint density at radius 2 is 1.34 bits per heavy atom. The molecule has 17 heteroatoms. The van der Waals surface area contributed by atoms with Gasteiger partial charge >= 0.3 is 5.97 Å². The van der Waals surface area contributed by atoms with Gasteiger partial charge < -0.3 is 80.2 Å². The van der Waals surface area contributed by atoms with Gasteiger partial charge in [0.05, 0.1) is 44.7 Å². The van der Waals surface area contributed by atoms with Crippen LogP contribution in [-0.4, -0.2) is 173 Å². The zero-order valence-corrected chi connectivity index (χ0v) is 34.7. The minimum atomic E-state index is -1.90. The van der Waals surface area contributed by atoms with Gasteiger partial charge in [0.2, 0.25) is 0 Å². The van der Waals surface area contributed by atoms with E-state index in [9.17, 15) is 66.1 Å². The molecular formula is C42H68O17. The summed E-state index contributed by atoms with van der Waals surface area (Å²) >= 11 is 0. The van der Waals surface area contributed by atoms with Crippen LogP contribution in [0, 0.1) is 50.2 Å². The van der Waals surface area contributed by atoms with Gasteiger partial charge in [0.1, 0.15) is 54.2 Å². The zero-order valence-electron chi connectivity index (χ0n) is 34.7. The summed E-state index contributed by atoms with van der Waals surface area (Å²) in [5.74, 6) is -1.93. The van der Waals surface area contributed by atoms with Crippen molar-refractivity contribution in [2.75, 3.05) is 26.4 Å². The molecule has 0 spiro atoms. The van der Waals surface area contributed by atoms with E-state index < -0.39 is 145 Å². The van der Waals surface area contributed by atoms with E-state index in [2.05, 4.69) is 40.7 Å². The molecule has 0 aromatic carbocycles. The summed E-state index contributed by atoms with van der Waals surface area (Å²) in [6.07, 6.45) is -15.0. The van der Waals surface area contributed by atoms with Crippen molar-refractivity contribution in [2.45, 2.75) is 166 Å². The standard InChI is InChI=1S/C42H68O17/c1-37(2)10-11-42(36(54)55)20(12-37)19-6-7-24-38(3)13-21(47)33(41(17-45,18-46)25(38)8-9-39(24,4)40(19,5)14-26(42)48)59-35-31(53)32(28(50)23(16-44)57-35)58-34-30(52)29(51)27(49)22(15-43)56-34/h6,20-35,43-53H,7-18H2,1-5H3,(H,54,55)/t20-,21-,22+,23+,24+,25+,26+,27+,28+,29-,30+,31+,32-,33-,34-,35-,38+,39+,40+,42+/m0/s1. The summed E-state index contributed by atoms with van der Waals surface area (Å²) in [7, 11) is 0. The first kappa shape index (κ1) is 45.6. The summed E-state index contributed by atoms with van der Waals surface area (Å²) in [4.78, 5) is 13.1. The number of aliphatic hydroxyl groups is 11. The molecule has 20 atom stereocenters. The molecule has 0 amide bonds. The first-order valence-electron chi connectivity index (χ1n) is 21.3. The van der Waals surface area contributed by atoms with E-state index in [0.717, 1.165) is 5.57 Å². The van der Waals surface area contributed by atoms with Gasteiger partial charge in [0, 0.05) is 5.41 Å². The van der Waals surface area contributed by atoms with Crippen molar-refractivity contribution in [2.24, 2.45) is 50.2 Å². The van der Waals surface area contributed by atoms with Gasteiger partial charge in [-0.25, -0.2) is 0 Å². The van der Waals surface area contributed by atoms with Crippen molar-refractivity contribution < 1.29 is 85.0 Å². The molecule has 6 fully saturated rings. The fourth-order valence-corrected chi connectivity index (χ4v) is 13.9. The second kappa shape index (κ2) is 15.7. The van der Waals surface area contributed by atoms with Crippen molar-refractivity contribution in [3.05, 3.63) is 11.6 Å². The molecule has 0 unspecified atom stereocenters. The number of hydrogen-bond acceptors (Lipinski definition) is 16. The predicted octanol–water partition coefficient (Wildman–Crippen LogP) is -1.23. The molecular weight excluding hydrogens is 776 g/mol. The highest BCUT2D eigenvalue weighted by Gasteiger charge is 2.73.